The van der Waals surface area contributed by atoms with Crippen molar-refractivity contribution in [2.75, 3.05) is 13.7 Å². The molecule has 12 nitrogen and oxygen atoms in total. The lowest BCUT2D eigenvalue weighted by Gasteiger charge is -2.26. The maximum absolute atomic E-state index is 11.9. The van der Waals surface area contributed by atoms with Crippen molar-refractivity contribution < 1.29 is 57.0 Å². The average Bonchev–Trinajstić information content (AvgIpc) is 1.60. The third kappa shape index (κ3) is 18.1. The molecule has 0 aromatic heterocycles. The highest BCUT2D eigenvalue weighted by molar-refractivity contribution is 5.99. The van der Waals surface area contributed by atoms with E-state index in [-0.39, 0.29) is 24.5 Å². The van der Waals surface area contributed by atoms with E-state index in [1.807, 2.05) is 98.7 Å². The molecule has 0 amide bonds. The van der Waals surface area contributed by atoms with Crippen LogP contribution in [0.2, 0.25) is 0 Å². The first kappa shape index (κ1) is 78.1. The molecule has 0 bridgehead atoms. The molecule has 548 valence electrons. The van der Waals surface area contributed by atoms with Gasteiger partial charge in [-0.1, -0.05) is 175 Å². The number of carbonyl (C=O) groups is 3. The monoisotopic (exact) mass is 1390 g/mol. The summed E-state index contributed by atoms with van der Waals surface area (Å²) in [6.45, 7) is 49.9. The topological polar surface area (TPSA) is 134 Å². The molecule has 5 aliphatic rings. The molecule has 0 aliphatic heterocycles. The summed E-state index contributed by atoms with van der Waals surface area (Å²) < 4.78 is 49.7. The third-order valence-electron chi connectivity index (χ3n) is 21.6. The highest BCUT2D eigenvalue weighted by atomic mass is 16.7. The lowest BCUT2D eigenvalue weighted by molar-refractivity contribution is -0.157. The van der Waals surface area contributed by atoms with Crippen LogP contribution in [-0.2, 0) is 36.6 Å². The second-order valence-corrected chi connectivity index (χ2v) is 33.4. The van der Waals surface area contributed by atoms with Crippen molar-refractivity contribution in [2.24, 2.45) is 17.8 Å². The van der Waals surface area contributed by atoms with Gasteiger partial charge in [0.15, 0.2) is 6.61 Å². The van der Waals surface area contributed by atoms with E-state index in [0.29, 0.717) is 70.7 Å². The Morgan fingerprint density at radius 3 is 1.28 bits per heavy atom. The number of esters is 1. The first-order valence-electron chi connectivity index (χ1n) is 37.3. The summed E-state index contributed by atoms with van der Waals surface area (Å²) in [6.07, 6.45) is 1.76. The Balaban J connectivity index is 0.000000149. The van der Waals surface area contributed by atoms with Crippen molar-refractivity contribution in [3.63, 3.8) is 0 Å². The molecule has 11 unspecified atom stereocenters. The normalized spacial score (nSPS) is 21.4. The van der Waals surface area contributed by atoms with Gasteiger partial charge < -0.3 is 42.6 Å². The Morgan fingerprint density at radius 1 is 0.422 bits per heavy atom. The minimum atomic E-state index is -0.660. The molecule has 0 spiro atoms. The van der Waals surface area contributed by atoms with Gasteiger partial charge in [-0.05, 0) is 269 Å². The molecular formula is C90H116O12. The van der Waals surface area contributed by atoms with Crippen LogP contribution in [0.15, 0.2) is 127 Å². The highest BCUT2D eigenvalue weighted by Gasteiger charge is 2.34. The summed E-state index contributed by atoms with van der Waals surface area (Å²) in [5.41, 5.74) is 12.2. The molecule has 0 fully saturated rings. The van der Waals surface area contributed by atoms with Crippen LogP contribution >= 0.6 is 0 Å². The molecule has 102 heavy (non-hydrogen) atoms. The summed E-state index contributed by atoms with van der Waals surface area (Å²) in [7, 11) is 1.70. The Labute approximate surface area is 609 Å². The van der Waals surface area contributed by atoms with Gasteiger partial charge in [-0.2, -0.15) is 0 Å². The van der Waals surface area contributed by atoms with Gasteiger partial charge in [-0.3, -0.25) is 0 Å². The Kier molecular flexibility index (Phi) is 24.1. The summed E-state index contributed by atoms with van der Waals surface area (Å²) in [6, 6.07) is 44.0. The predicted molar refractivity (Wildman–Crippen MR) is 414 cm³/mol. The largest absolute Gasteiger partial charge is 0.514 e. The fourth-order valence-corrected chi connectivity index (χ4v) is 14.9. The summed E-state index contributed by atoms with van der Waals surface area (Å²) in [4.78, 5) is 35.4. The van der Waals surface area contributed by atoms with Crippen LogP contribution in [0, 0.1) is 17.8 Å². The SMILES string of the molecule is CC1Cc2cc(OC(=O)OC(C)(C)C)ccc2C1C.CC1c2cccc3c(OC(=O)OC(C)(C)C)ccc(c23)C1C.CC1c2cccc3c(OCC(=O)OC(C)(C)C)ccc(c23)C1C.CCC(C)(C)Oc1ccc2c3c(cccc13)C(C)C2C.COC(Oc1ccc2c(c1)C(C)C(C)C2)C(C)C. The van der Waals surface area contributed by atoms with Crippen LogP contribution in [0.4, 0.5) is 9.59 Å². The molecule has 0 N–H and O–H groups in total. The van der Waals surface area contributed by atoms with E-state index in [1.165, 1.54) is 83.6 Å². The van der Waals surface area contributed by atoms with Crippen molar-refractivity contribution >= 4 is 50.6 Å². The second-order valence-electron chi connectivity index (χ2n) is 33.4. The summed E-state index contributed by atoms with van der Waals surface area (Å²) in [5.74, 6) is 9.60. The van der Waals surface area contributed by atoms with Gasteiger partial charge in [0, 0.05) is 29.2 Å². The van der Waals surface area contributed by atoms with E-state index in [4.69, 9.17) is 42.6 Å². The highest BCUT2D eigenvalue weighted by Crippen LogP contribution is 2.52. The van der Waals surface area contributed by atoms with Crippen LogP contribution in [0.25, 0.3) is 32.3 Å². The molecule has 0 heterocycles. The number of hydrogen-bond acceptors (Lipinski definition) is 12. The lowest BCUT2D eigenvalue weighted by atomic mass is 9.94. The molecule has 0 saturated heterocycles. The van der Waals surface area contributed by atoms with Gasteiger partial charge in [0.05, 0.1) is 0 Å². The first-order valence-corrected chi connectivity index (χ1v) is 37.3. The zero-order valence-corrected chi connectivity index (χ0v) is 65.8. The van der Waals surface area contributed by atoms with Crippen molar-refractivity contribution in [1.29, 1.82) is 0 Å². The zero-order valence-electron chi connectivity index (χ0n) is 65.8. The number of methoxy groups -OCH3 is 1. The fraction of sp³-hybridized carbons (Fsp3) is 0.500. The van der Waals surface area contributed by atoms with E-state index < -0.39 is 29.1 Å². The summed E-state index contributed by atoms with van der Waals surface area (Å²) in [5, 5.41) is 7.28. The van der Waals surface area contributed by atoms with E-state index in [1.54, 1.807) is 7.11 Å². The van der Waals surface area contributed by atoms with E-state index in [9.17, 15) is 14.4 Å². The first-order chi connectivity index (χ1) is 47.8. The van der Waals surface area contributed by atoms with Crippen molar-refractivity contribution in [3.8, 4) is 28.7 Å². The molecule has 5 aliphatic carbocycles. The van der Waals surface area contributed by atoms with Gasteiger partial charge in [0.2, 0.25) is 6.29 Å². The number of benzene rings is 8. The maximum atomic E-state index is 11.9. The molecule has 13 rings (SSSR count). The molecule has 0 saturated carbocycles. The molecule has 8 aromatic rings. The van der Waals surface area contributed by atoms with E-state index in [2.05, 4.69) is 195 Å². The molecule has 12 heteroatoms. The van der Waals surface area contributed by atoms with Gasteiger partial charge in [0.1, 0.15) is 51.2 Å². The molecule has 8 aromatic carbocycles. The smallest absolute Gasteiger partial charge is 0.487 e. The fourth-order valence-electron chi connectivity index (χ4n) is 14.9. The van der Waals surface area contributed by atoms with Crippen LogP contribution < -0.4 is 23.7 Å². The standard InChI is InChI=1S/C20H24O3.C19H22O3.C19H24O.C16H22O3.C16H24O2/c1-12-13(2)15-9-10-17(16-8-6-7-14(12)19(15)16)22-11-18(21)23-20(3,4)5;1-11-12(2)14-9-10-16(21-18(20)22-19(3,4)5)15-8-6-7-13(11)17(14)15;1-6-19(4,5)20-17-11-10-15-13(3)12(2)14-8-7-9-16(17)18(14)15;1-10-8-12-9-13(6-7-14(12)11(10)2)18-15(17)19-16(3,4)5;1-10(2)16(17-5)18-14-7-6-13-8-11(3)12(4)15(13)9-14/h6-10,12-13H,11H2,1-5H3;6-12H,1-5H3;7-13H,6H2,1-5H3;6-7,9-11H,8H2,1-5H3;6-7,9-12,16H,8H2,1-5H3. The third-order valence-corrected chi connectivity index (χ3v) is 21.6. The Morgan fingerprint density at radius 2 is 0.824 bits per heavy atom. The molecular weight excluding hydrogens is 1270 g/mol. The molecule has 11 atom stereocenters. The Hall–Kier alpha value is -8.09. The number of carbonyl (C=O) groups excluding carboxylic acids is 3. The van der Waals surface area contributed by atoms with Crippen LogP contribution in [0.5, 0.6) is 28.7 Å². The van der Waals surface area contributed by atoms with Crippen molar-refractivity contribution in [2.45, 2.75) is 261 Å². The molecule has 0 radical (unpaired) electrons. The second kappa shape index (κ2) is 31.5. The van der Waals surface area contributed by atoms with Crippen LogP contribution in [0.3, 0.4) is 0 Å². The maximum Gasteiger partial charge on any atom is 0.514 e. The van der Waals surface area contributed by atoms with E-state index >= 15 is 0 Å². The summed E-state index contributed by atoms with van der Waals surface area (Å²) >= 11 is 0. The van der Waals surface area contributed by atoms with E-state index in [0.717, 1.165) is 46.8 Å². The average molecular weight is 1390 g/mol. The minimum Gasteiger partial charge on any atom is -0.487 e. The van der Waals surface area contributed by atoms with Crippen molar-refractivity contribution in [1.82, 2.24) is 0 Å². The number of hydrogen-bond donors (Lipinski definition) is 0. The number of rotatable bonds is 12. The quantitative estimate of drug-likeness (QED) is 0.0499. The Bertz CT molecular complexity index is 4260. The van der Waals surface area contributed by atoms with Gasteiger partial charge in [0.25, 0.3) is 0 Å². The minimum absolute atomic E-state index is 0.0684. The van der Waals surface area contributed by atoms with Gasteiger partial charge in [-0.25, -0.2) is 14.4 Å². The van der Waals surface area contributed by atoms with Gasteiger partial charge >= 0.3 is 18.3 Å². The number of ether oxygens (including phenoxy) is 9. The van der Waals surface area contributed by atoms with Crippen molar-refractivity contribution in [3.05, 3.63) is 183 Å². The predicted octanol–water partition coefficient (Wildman–Crippen LogP) is 24.1. The zero-order chi connectivity index (χ0) is 74.8. The lowest BCUT2D eigenvalue weighted by Crippen LogP contribution is -2.27. The van der Waals surface area contributed by atoms with Gasteiger partial charge in [-0.15, -0.1) is 0 Å². The number of fused-ring (bicyclic) bond motifs is 2. The van der Waals surface area contributed by atoms with Crippen LogP contribution in [0.1, 0.15) is 276 Å². The van der Waals surface area contributed by atoms with Crippen LogP contribution in [-0.4, -0.2) is 60.7 Å².